The summed E-state index contributed by atoms with van der Waals surface area (Å²) < 4.78 is 0. The molecular formula is C10H23ClO2. The Morgan fingerprint density at radius 1 is 1.00 bits per heavy atom. The number of halogens is 1. The third kappa shape index (κ3) is 49.4. The van der Waals surface area contributed by atoms with E-state index in [1.54, 1.807) is 0 Å². The summed E-state index contributed by atoms with van der Waals surface area (Å²) in [6.07, 6.45) is 8.49. The van der Waals surface area contributed by atoms with Gasteiger partial charge < -0.3 is 5.11 Å². The molecule has 82 valence electrons. The minimum atomic E-state index is -0.833. The van der Waals surface area contributed by atoms with Crippen molar-refractivity contribution in [2.24, 2.45) is 0 Å². The van der Waals surface area contributed by atoms with Crippen molar-refractivity contribution in [1.82, 2.24) is 0 Å². The first kappa shape index (κ1) is 18.5. The number of unbranched alkanes of at least 4 members (excludes halogenated alkanes) is 5. The highest BCUT2D eigenvalue weighted by Crippen LogP contribution is 2.03. The molecule has 0 amide bonds. The van der Waals surface area contributed by atoms with Crippen LogP contribution >= 0.6 is 12.4 Å². The predicted octanol–water partition coefficient (Wildman–Crippen LogP) is 3.88. The molecule has 0 aromatic carbocycles. The largest absolute Gasteiger partial charge is 0.481 e. The van der Waals surface area contributed by atoms with Crippen molar-refractivity contribution in [2.75, 3.05) is 0 Å². The highest BCUT2D eigenvalue weighted by Gasteiger charge is 1.83. The van der Waals surface area contributed by atoms with Crippen molar-refractivity contribution in [2.45, 2.75) is 59.3 Å². The Morgan fingerprint density at radius 3 is 1.38 bits per heavy atom. The van der Waals surface area contributed by atoms with Crippen LogP contribution in [0.3, 0.4) is 0 Å². The zero-order chi connectivity index (χ0) is 9.82. The van der Waals surface area contributed by atoms with Gasteiger partial charge >= 0.3 is 0 Å². The van der Waals surface area contributed by atoms with Gasteiger partial charge in [-0.25, -0.2) is 0 Å². The Kier molecular flexibility index (Phi) is 25.3. The molecule has 0 bridgehead atoms. The molecule has 0 saturated heterocycles. The molecule has 0 saturated carbocycles. The molecule has 0 aliphatic rings. The van der Waals surface area contributed by atoms with E-state index in [2.05, 4.69) is 13.8 Å². The molecule has 0 unspecified atom stereocenters. The van der Waals surface area contributed by atoms with E-state index in [-0.39, 0.29) is 12.4 Å². The van der Waals surface area contributed by atoms with E-state index in [0.29, 0.717) is 0 Å². The smallest absolute Gasteiger partial charge is 0.300 e. The van der Waals surface area contributed by atoms with Gasteiger partial charge in [-0.3, -0.25) is 4.79 Å². The summed E-state index contributed by atoms with van der Waals surface area (Å²) in [6.45, 7) is 5.60. The summed E-state index contributed by atoms with van der Waals surface area (Å²) >= 11 is 0. The minimum Gasteiger partial charge on any atom is -0.481 e. The molecule has 0 aromatic rings. The van der Waals surface area contributed by atoms with Crippen molar-refractivity contribution in [3.63, 3.8) is 0 Å². The number of carboxylic acid groups (broad SMARTS) is 1. The fraction of sp³-hybridized carbons (Fsp3) is 0.900. The molecule has 0 atom stereocenters. The third-order valence-electron chi connectivity index (χ3n) is 1.46. The van der Waals surface area contributed by atoms with Gasteiger partial charge in [0.25, 0.3) is 5.97 Å². The summed E-state index contributed by atoms with van der Waals surface area (Å²) in [5.74, 6) is -0.833. The lowest BCUT2D eigenvalue weighted by Gasteiger charge is -1.93. The van der Waals surface area contributed by atoms with E-state index in [4.69, 9.17) is 9.90 Å². The number of rotatable bonds is 5. The molecule has 0 aliphatic heterocycles. The number of carbonyl (C=O) groups is 1. The summed E-state index contributed by atoms with van der Waals surface area (Å²) in [5, 5.41) is 7.42. The summed E-state index contributed by atoms with van der Waals surface area (Å²) in [4.78, 5) is 9.00. The van der Waals surface area contributed by atoms with Crippen LogP contribution in [0.1, 0.15) is 59.3 Å². The van der Waals surface area contributed by atoms with Crippen LogP contribution in [0.25, 0.3) is 0 Å². The van der Waals surface area contributed by atoms with Crippen molar-refractivity contribution < 1.29 is 9.90 Å². The van der Waals surface area contributed by atoms with Crippen LogP contribution in [0.5, 0.6) is 0 Å². The summed E-state index contributed by atoms with van der Waals surface area (Å²) in [7, 11) is 0. The molecule has 0 rings (SSSR count). The monoisotopic (exact) mass is 210 g/mol. The second-order valence-corrected chi connectivity index (χ2v) is 2.93. The number of aliphatic carboxylic acids is 1. The Labute approximate surface area is 88.1 Å². The van der Waals surface area contributed by atoms with Gasteiger partial charge in [-0.15, -0.1) is 12.4 Å². The van der Waals surface area contributed by atoms with Crippen molar-refractivity contribution >= 4 is 18.4 Å². The van der Waals surface area contributed by atoms with Gasteiger partial charge in [0.05, 0.1) is 0 Å². The lowest BCUT2D eigenvalue weighted by Crippen LogP contribution is -1.78. The summed E-state index contributed by atoms with van der Waals surface area (Å²) in [6, 6.07) is 0. The average Bonchev–Trinajstić information content (AvgIpc) is 1.97. The second-order valence-electron chi connectivity index (χ2n) is 2.93. The fourth-order valence-corrected chi connectivity index (χ4v) is 0.854. The van der Waals surface area contributed by atoms with Gasteiger partial charge in [-0.05, 0) is 0 Å². The third-order valence-corrected chi connectivity index (χ3v) is 1.46. The first-order chi connectivity index (χ1) is 5.65. The molecule has 13 heavy (non-hydrogen) atoms. The van der Waals surface area contributed by atoms with Gasteiger partial charge in [-0.1, -0.05) is 52.4 Å². The lowest BCUT2D eigenvalue weighted by molar-refractivity contribution is -0.134. The van der Waals surface area contributed by atoms with Crippen LogP contribution in [-0.4, -0.2) is 11.1 Å². The Bertz CT molecular complexity index is 84.9. The van der Waals surface area contributed by atoms with Gasteiger partial charge in [0.2, 0.25) is 0 Å². The maximum absolute atomic E-state index is 9.00. The molecule has 2 nitrogen and oxygen atoms in total. The molecule has 0 fully saturated rings. The predicted molar refractivity (Wildman–Crippen MR) is 59.6 cm³/mol. The van der Waals surface area contributed by atoms with E-state index in [1.165, 1.54) is 38.5 Å². The van der Waals surface area contributed by atoms with E-state index in [9.17, 15) is 0 Å². The van der Waals surface area contributed by atoms with Crippen LogP contribution < -0.4 is 0 Å². The van der Waals surface area contributed by atoms with E-state index < -0.39 is 5.97 Å². The maximum atomic E-state index is 9.00. The lowest BCUT2D eigenvalue weighted by atomic mass is 10.1. The Balaban J connectivity index is -0.000000173. The normalized spacial score (nSPS) is 7.92. The van der Waals surface area contributed by atoms with Crippen LogP contribution in [-0.2, 0) is 4.79 Å². The van der Waals surface area contributed by atoms with Crippen LogP contribution in [0.15, 0.2) is 0 Å². The van der Waals surface area contributed by atoms with Crippen molar-refractivity contribution in [1.29, 1.82) is 0 Å². The Morgan fingerprint density at radius 2 is 1.23 bits per heavy atom. The van der Waals surface area contributed by atoms with Crippen molar-refractivity contribution in [3.8, 4) is 0 Å². The minimum absolute atomic E-state index is 0. The molecule has 0 spiro atoms. The van der Waals surface area contributed by atoms with Gasteiger partial charge in [0.15, 0.2) is 0 Å². The van der Waals surface area contributed by atoms with Crippen LogP contribution in [0.4, 0.5) is 0 Å². The highest BCUT2D eigenvalue weighted by molar-refractivity contribution is 5.85. The zero-order valence-electron chi connectivity index (χ0n) is 9.01. The number of hydrogen-bond donors (Lipinski definition) is 1. The van der Waals surface area contributed by atoms with Crippen LogP contribution in [0, 0.1) is 0 Å². The maximum Gasteiger partial charge on any atom is 0.300 e. The number of hydrogen-bond acceptors (Lipinski definition) is 1. The molecule has 1 N–H and O–H groups in total. The molecule has 0 aromatic heterocycles. The van der Waals surface area contributed by atoms with Crippen molar-refractivity contribution in [3.05, 3.63) is 0 Å². The first-order valence-corrected chi connectivity index (χ1v) is 4.84. The second kappa shape index (κ2) is 17.7. The quantitative estimate of drug-likeness (QED) is 0.700. The van der Waals surface area contributed by atoms with E-state index >= 15 is 0 Å². The van der Waals surface area contributed by atoms with E-state index in [0.717, 1.165) is 6.92 Å². The molecule has 0 heterocycles. The number of carboxylic acids is 1. The molecule has 0 aliphatic carbocycles. The standard InChI is InChI=1S/C8H18.C2H4O2.ClH/c1-3-5-7-8-6-4-2;1-2(3)4;/h3-8H2,1-2H3;1H3,(H,3,4);1H. The van der Waals surface area contributed by atoms with Gasteiger partial charge in [0, 0.05) is 6.92 Å². The zero-order valence-corrected chi connectivity index (χ0v) is 9.82. The van der Waals surface area contributed by atoms with E-state index in [1.807, 2.05) is 0 Å². The van der Waals surface area contributed by atoms with Gasteiger partial charge in [0.1, 0.15) is 0 Å². The SMILES string of the molecule is CC(=O)O.CCCCCCCC.Cl. The first-order valence-electron chi connectivity index (χ1n) is 4.84. The molecule has 0 radical (unpaired) electrons. The highest BCUT2D eigenvalue weighted by atomic mass is 35.5. The Hall–Kier alpha value is -0.240. The summed E-state index contributed by atoms with van der Waals surface area (Å²) in [5.41, 5.74) is 0. The van der Waals surface area contributed by atoms with Crippen LogP contribution in [0.2, 0.25) is 0 Å². The fourth-order valence-electron chi connectivity index (χ4n) is 0.854. The molecule has 3 heteroatoms. The topological polar surface area (TPSA) is 37.3 Å². The molecular weight excluding hydrogens is 188 g/mol. The average molecular weight is 211 g/mol. The van der Waals surface area contributed by atoms with Gasteiger partial charge in [-0.2, -0.15) is 0 Å².